The van der Waals surface area contributed by atoms with E-state index in [4.69, 9.17) is 0 Å². The van der Waals surface area contributed by atoms with Crippen LogP contribution in [0.3, 0.4) is 0 Å². The number of amides is 1. The Morgan fingerprint density at radius 1 is 1.08 bits per heavy atom. The second-order valence-corrected chi connectivity index (χ2v) is 5.94. The summed E-state index contributed by atoms with van der Waals surface area (Å²) >= 11 is 0. The van der Waals surface area contributed by atoms with Crippen molar-refractivity contribution < 1.29 is 18.0 Å². The van der Waals surface area contributed by atoms with Crippen molar-refractivity contribution in [3.63, 3.8) is 0 Å². The standard InChI is InChI=1S/C18H17F3N2O.ClH/c1-11-10-23(7-6-22-11)18(24)13-4-2-12(3-5-13)14-8-15(19)17(21)16(20)9-14;/h2-5,8-9,11,22H,6-7,10H2,1H3;1H. The number of hydrogen-bond acceptors (Lipinski definition) is 2. The fourth-order valence-electron chi connectivity index (χ4n) is 2.83. The zero-order valence-corrected chi connectivity index (χ0v) is 14.4. The van der Waals surface area contributed by atoms with Gasteiger partial charge in [-0.15, -0.1) is 12.4 Å². The van der Waals surface area contributed by atoms with Crippen LogP contribution >= 0.6 is 12.4 Å². The van der Waals surface area contributed by atoms with Crippen LogP contribution < -0.4 is 5.32 Å². The molecule has 1 aliphatic heterocycles. The van der Waals surface area contributed by atoms with Crippen molar-refractivity contribution >= 4 is 18.3 Å². The first-order valence-corrected chi connectivity index (χ1v) is 7.73. The average molecular weight is 371 g/mol. The molecule has 0 saturated carbocycles. The molecule has 0 radical (unpaired) electrons. The number of nitrogens with one attached hydrogen (secondary N) is 1. The molecule has 1 saturated heterocycles. The van der Waals surface area contributed by atoms with E-state index in [1.54, 1.807) is 29.2 Å². The predicted octanol–water partition coefficient (Wildman–Crippen LogP) is 3.63. The molecule has 25 heavy (non-hydrogen) atoms. The quantitative estimate of drug-likeness (QED) is 0.819. The lowest BCUT2D eigenvalue weighted by atomic mass is 10.0. The Hall–Kier alpha value is -2.05. The summed E-state index contributed by atoms with van der Waals surface area (Å²) in [6.45, 7) is 4.04. The molecule has 134 valence electrons. The summed E-state index contributed by atoms with van der Waals surface area (Å²) in [5.74, 6) is -4.04. The minimum Gasteiger partial charge on any atom is -0.336 e. The van der Waals surface area contributed by atoms with E-state index in [-0.39, 0.29) is 29.9 Å². The van der Waals surface area contributed by atoms with Crippen molar-refractivity contribution in [1.29, 1.82) is 0 Å². The van der Waals surface area contributed by atoms with E-state index in [0.29, 0.717) is 24.2 Å². The van der Waals surface area contributed by atoms with Gasteiger partial charge in [0.15, 0.2) is 17.5 Å². The summed E-state index contributed by atoms with van der Waals surface area (Å²) in [5.41, 5.74) is 1.25. The summed E-state index contributed by atoms with van der Waals surface area (Å²) in [6.07, 6.45) is 0. The van der Waals surface area contributed by atoms with Crippen LogP contribution in [0.5, 0.6) is 0 Å². The number of piperazine rings is 1. The molecule has 0 aliphatic carbocycles. The molecule has 3 rings (SSSR count). The van der Waals surface area contributed by atoms with Crippen molar-refractivity contribution in [3.8, 4) is 11.1 Å². The molecule has 1 fully saturated rings. The van der Waals surface area contributed by atoms with Gasteiger partial charge in [-0.1, -0.05) is 12.1 Å². The van der Waals surface area contributed by atoms with E-state index in [0.717, 1.165) is 18.7 Å². The molecule has 1 unspecified atom stereocenters. The van der Waals surface area contributed by atoms with E-state index >= 15 is 0 Å². The third-order valence-electron chi connectivity index (χ3n) is 4.10. The van der Waals surface area contributed by atoms with Gasteiger partial charge in [0, 0.05) is 31.2 Å². The van der Waals surface area contributed by atoms with Gasteiger partial charge in [-0.3, -0.25) is 4.79 Å². The zero-order chi connectivity index (χ0) is 17.3. The van der Waals surface area contributed by atoms with Crippen molar-refractivity contribution in [2.24, 2.45) is 0 Å². The van der Waals surface area contributed by atoms with E-state index in [1.807, 2.05) is 6.92 Å². The molecule has 0 aromatic heterocycles. The van der Waals surface area contributed by atoms with Crippen LogP contribution in [0.25, 0.3) is 11.1 Å². The molecule has 2 aromatic carbocycles. The molecular weight excluding hydrogens is 353 g/mol. The highest BCUT2D eigenvalue weighted by atomic mass is 35.5. The van der Waals surface area contributed by atoms with E-state index in [9.17, 15) is 18.0 Å². The molecule has 3 nitrogen and oxygen atoms in total. The maximum atomic E-state index is 13.3. The molecule has 0 bridgehead atoms. The van der Waals surface area contributed by atoms with Gasteiger partial charge < -0.3 is 10.2 Å². The predicted molar refractivity (Wildman–Crippen MR) is 92.4 cm³/mol. The highest BCUT2D eigenvalue weighted by Gasteiger charge is 2.21. The number of benzene rings is 2. The lowest BCUT2D eigenvalue weighted by Crippen LogP contribution is -2.51. The van der Waals surface area contributed by atoms with Crippen LogP contribution in [0.1, 0.15) is 17.3 Å². The van der Waals surface area contributed by atoms with E-state index < -0.39 is 17.5 Å². The van der Waals surface area contributed by atoms with Gasteiger partial charge in [0.1, 0.15) is 0 Å². The molecule has 7 heteroatoms. The number of nitrogens with zero attached hydrogens (tertiary/aromatic N) is 1. The van der Waals surface area contributed by atoms with Crippen LogP contribution in [0, 0.1) is 17.5 Å². The number of halogens is 4. The third kappa shape index (κ3) is 4.14. The van der Waals surface area contributed by atoms with Crippen molar-refractivity contribution in [2.45, 2.75) is 13.0 Å². The Morgan fingerprint density at radius 3 is 2.24 bits per heavy atom. The first kappa shape index (κ1) is 19.3. The summed E-state index contributed by atoms with van der Waals surface area (Å²) in [7, 11) is 0. The minimum absolute atomic E-state index is 0. The van der Waals surface area contributed by atoms with Crippen LogP contribution in [0.15, 0.2) is 36.4 Å². The zero-order valence-electron chi connectivity index (χ0n) is 13.6. The SMILES string of the molecule is CC1CN(C(=O)c2ccc(-c3cc(F)c(F)c(F)c3)cc2)CCN1.Cl. The highest BCUT2D eigenvalue weighted by molar-refractivity contribution is 5.94. The second kappa shape index (κ2) is 7.89. The monoisotopic (exact) mass is 370 g/mol. The van der Waals surface area contributed by atoms with Crippen LogP contribution in [-0.2, 0) is 0 Å². The fraction of sp³-hybridized carbons (Fsp3) is 0.278. The average Bonchev–Trinajstić information content (AvgIpc) is 2.59. The van der Waals surface area contributed by atoms with Gasteiger partial charge in [-0.25, -0.2) is 13.2 Å². The molecule has 1 N–H and O–H groups in total. The molecule has 1 aliphatic rings. The Balaban J connectivity index is 0.00000225. The smallest absolute Gasteiger partial charge is 0.253 e. The van der Waals surface area contributed by atoms with Gasteiger partial charge in [-0.05, 0) is 42.3 Å². The second-order valence-electron chi connectivity index (χ2n) is 5.94. The molecule has 2 aromatic rings. The Kier molecular flexibility index (Phi) is 6.08. The summed E-state index contributed by atoms with van der Waals surface area (Å²) in [5, 5.41) is 3.27. The van der Waals surface area contributed by atoms with Crippen molar-refractivity contribution in [3.05, 3.63) is 59.4 Å². The van der Waals surface area contributed by atoms with Gasteiger partial charge in [-0.2, -0.15) is 0 Å². The molecule has 1 amide bonds. The highest BCUT2D eigenvalue weighted by Crippen LogP contribution is 2.24. The maximum Gasteiger partial charge on any atom is 0.253 e. The first-order valence-electron chi connectivity index (χ1n) is 7.73. The van der Waals surface area contributed by atoms with Gasteiger partial charge in [0.2, 0.25) is 0 Å². The molecular formula is C18H18ClF3N2O. The van der Waals surface area contributed by atoms with E-state index in [1.165, 1.54) is 0 Å². The fourth-order valence-corrected chi connectivity index (χ4v) is 2.83. The van der Waals surface area contributed by atoms with Gasteiger partial charge >= 0.3 is 0 Å². The molecule has 0 spiro atoms. The number of rotatable bonds is 2. The summed E-state index contributed by atoms with van der Waals surface area (Å²) in [4.78, 5) is 14.2. The Labute approximate surface area is 150 Å². The number of carbonyl (C=O) groups excluding carboxylic acids is 1. The normalized spacial score (nSPS) is 17.1. The lowest BCUT2D eigenvalue weighted by Gasteiger charge is -2.32. The Bertz CT molecular complexity index is 744. The lowest BCUT2D eigenvalue weighted by molar-refractivity contribution is 0.0709. The van der Waals surface area contributed by atoms with Crippen LogP contribution in [0.4, 0.5) is 13.2 Å². The van der Waals surface area contributed by atoms with Crippen LogP contribution in [-0.4, -0.2) is 36.5 Å². The Morgan fingerprint density at radius 2 is 1.68 bits per heavy atom. The van der Waals surface area contributed by atoms with E-state index in [2.05, 4.69) is 5.32 Å². The molecule has 1 atom stereocenters. The first-order chi connectivity index (χ1) is 11.5. The minimum atomic E-state index is -1.49. The topological polar surface area (TPSA) is 32.3 Å². The van der Waals surface area contributed by atoms with Crippen molar-refractivity contribution in [1.82, 2.24) is 10.2 Å². The maximum absolute atomic E-state index is 13.3. The van der Waals surface area contributed by atoms with Gasteiger partial charge in [0.05, 0.1) is 0 Å². The molecule has 1 heterocycles. The summed E-state index contributed by atoms with van der Waals surface area (Å²) in [6, 6.07) is 8.55. The summed E-state index contributed by atoms with van der Waals surface area (Å²) < 4.78 is 39.7. The van der Waals surface area contributed by atoms with Gasteiger partial charge in [0.25, 0.3) is 5.91 Å². The largest absolute Gasteiger partial charge is 0.336 e. The number of carbonyl (C=O) groups is 1. The van der Waals surface area contributed by atoms with Crippen LogP contribution in [0.2, 0.25) is 0 Å². The van der Waals surface area contributed by atoms with Crippen molar-refractivity contribution in [2.75, 3.05) is 19.6 Å². The third-order valence-corrected chi connectivity index (χ3v) is 4.10. The number of hydrogen-bond donors (Lipinski definition) is 1.